The van der Waals surface area contributed by atoms with Crippen LogP contribution in [0.2, 0.25) is 0 Å². The van der Waals surface area contributed by atoms with E-state index in [0.29, 0.717) is 13.2 Å². The van der Waals surface area contributed by atoms with Gasteiger partial charge in [0.05, 0.1) is 42.9 Å². The normalized spacial score (nSPS) is 15.9. The lowest BCUT2D eigenvalue weighted by Crippen LogP contribution is -2.44. The predicted molar refractivity (Wildman–Crippen MR) is 70.2 cm³/mol. The minimum absolute atomic E-state index is 0.280. The molecule has 1 aliphatic rings. The largest absolute Gasteiger partial charge is 0.478 e. The number of carbonyl (C=O) groups is 1. The van der Waals surface area contributed by atoms with Gasteiger partial charge in [0.15, 0.2) is 0 Å². The van der Waals surface area contributed by atoms with Crippen LogP contribution in [0.3, 0.4) is 0 Å². The quantitative estimate of drug-likeness (QED) is 0.874. The smallest absolute Gasteiger partial charge is 0.335 e. The Labute approximate surface area is 110 Å². The van der Waals surface area contributed by atoms with E-state index in [-0.39, 0.29) is 5.56 Å². The first kappa shape index (κ1) is 12.0. The fourth-order valence-electron chi connectivity index (χ4n) is 2.43. The molecule has 1 saturated heterocycles. The zero-order chi connectivity index (χ0) is 13.4. The van der Waals surface area contributed by atoms with Crippen LogP contribution < -0.4 is 5.01 Å². The van der Waals surface area contributed by atoms with Crippen LogP contribution in [-0.4, -0.2) is 47.0 Å². The number of benzene rings is 1. The van der Waals surface area contributed by atoms with Gasteiger partial charge in [-0.25, -0.2) is 14.5 Å². The van der Waals surface area contributed by atoms with Crippen molar-refractivity contribution in [2.75, 3.05) is 31.3 Å². The molecule has 1 fully saturated rings. The molecule has 0 radical (unpaired) electrons. The highest BCUT2D eigenvalue weighted by molar-refractivity contribution is 5.92. The first-order chi connectivity index (χ1) is 9.16. The Kier molecular flexibility index (Phi) is 2.87. The Bertz CT molecular complexity index is 629. The van der Waals surface area contributed by atoms with E-state index >= 15 is 0 Å². The number of nitrogens with zero attached hydrogens (tertiary/aromatic N) is 3. The van der Waals surface area contributed by atoms with Gasteiger partial charge in [0.25, 0.3) is 0 Å². The summed E-state index contributed by atoms with van der Waals surface area (Å²) >= 11 is 0. The monoisotopic (exact) mass is 261 g/mol. The van der Waals surface area contributed by atoms with Gasteiger partial charge in [0.2, 0.25) is 0 Å². The molecule has 6 nitrogen and oxygen atoms in total. The summed E-state index contributed by atoms with van der Waals surface area (Å²) < 4.78 is 7.33. The van der Waals surface area contributed by atoms with Crippen LogP contribution in [-0.2, 0) is 4.74 Å². The second kappa shape index (κ2) is 4.55. The van der Waals surface area contributed by atoms with Crippen LogP contribution in [0.5, 0.6) is 0 Å². The summed E-state index contributed by atoms with van der Waals surface area (Å²) in [5, 5.41) is 11.2. The van der Waals surface area contributed by atoms with Gasteiger partial charge in [-0.15, -0.1) is 0 Å². The first-order valence-electron chi connectivity index (χ1n) is 6.22. The van der Waals surface area contributed by atoms with Crippen LogP contribution >= 0.6 is 0 Å². The SMILES string of the molecule is Cc1nc2ccc(C(=O)O)cc2n1N1CCOCC1. The van der Waals surface area contributed by atoms with Crippen molar-refractivity contribution in [1.29, 1.82) is 0 Å². The Balaban J connectivity index is 2.13. The molecule has 3 rings (SSSR count). The molecule has 100 valence electrons. The maximum absolute atomic E-state index is 11.1. The van der Waals surface area contributed by atoms with Crippen LogP contribution in [0, 0.1) is 6.92 Å². The van der Waals surface area contributed by atoms with Gasteiger partial charge in [-0.3, -0.25) is 0 Å². The lowest BCUT2D eigenvalue weighted by Gasteiger charge is -2.30. The highest BCUT2D eigenvalue weighted by Crippen LogP contribution is 2.19. The lowest BCUT2D eigenvalue weighted by atomic mass is 10.2. The molecule has 1 aromatic carbocycles. The zero-order valence-electron chi connectivity index (χ0n) is 10.7. The van der Waals surface area contributed by atoms with Crippen molar-refractivity contribution < 1.29 is 14.6 Å². The number of hydrogen-bond acceptors (Lipinski definition) is 4. The Hall–Kier alpha value is -2.08. The molecule has 1 N–H and O–H groups in total. The fraction of sp³-hybridized carbons (Fsp3) is 0.385. The molecule has 0 spiro atoms. The van der Waals surface area contributed by atoms with Gasteiger partial charge in [0.1, 0.15) is 5.82 Å². The molecule has 1 aromatic heterocycles. The summed E-state index contributed by atoms with van der Waals surface area (Å²) in [5.74, 6) is -0.0614. The molecular formula is C13H15N3O3. The summed E-state index contributed by atoms with van der Waals surface area (Å²) in [6, 6.07) is 5.01. The fourth-order valence-corrected chi connectivity index (χ4v) is 2.43. The van der Waals surface area contributed by atoms with E-state index in [9.17, 15) is 4.79 Å². The maximum Gasteiger partial charge on any atom is 0.335 e. The van der Waals surface area contributed by atoms with Gasteiger partial charge in [-0.05, 0) is 25.1 Å². The minimum Gasteiger partial charge on any atom is -0.478 e. The van der Waals surface area contributed by atoms with Crippen LogP contribution in [0.25, 0.3) is 11.0 Å². The molecule has 2 heterocycles. The number of ether oxygens (including phenoxy) is 1. The Morgan fingerprint density at radius 2 is 2.11 bits per heavy atom. The average Bonchev–Trinajstić information content (AvgIpc) is 2.74. The van der Waals surface area contributed by atoms with Crippen LogP contribution in [0.4, 0.5) is 0 Å². The number of fused-ring (bicyclic) bond motifs is 1. The molecule has 19 heavy (non-hydrogen) atoms. The second-order valence-electron chi connectivity index (χ2n) is 4.55. The summed E-state index contributed by atoms with van der Waals surface area (Å²) in [4.78, 5) is 15.6. The minimum atomic E-state index is -0.922. The van der Waals surface area contributed by atoms with E-state index in [1.165, 1.54) is 0 Å². The summed E-state index contributed by atoms with van der Waals surface area (Å²) in [7, 11) is 0. The van der Waals surface area contributed by atoms with Crippen molar-refractivity contribution in [3.63, 3.8) is 0 Å². The van der Waals surface area contributed by atoms with Crippen molar-refractivity contribution in [1.82, 2.24) is 9.66 Å². The number of carboxylic acids is 1. The Morgan fingerprint density at radius 1 is 1.37 bits per heavy atom. The van der Waals surface area contributed by atoms with E-state index in [1.807, 2.05) is 11.6 Å². The van der Waals surface area contributed by atoms with Crippen molar-refractivity contribution >= 4 is 17.0 Å². The van der Waals surface area contributed by atoms with E-state index in [0.717, 1.165) is 29.9 Å². The second-order valence-corrected chi connectivity index (χ2v) is 4.55. The van der Waals surface area contributed by atoms with Crippen molar-refractivity contribution in [3.8, 4) is 0 Å². The molecule has 0 bridgehead atoms. The molecule has 0 unspecified atom stereocenters. The highest BCUT2D eigenvalue weighted by Gasteiger charge is 2.17. The standard InChI is InChI=1S/C13H15N3O3/c1-9-14-11-3-2-10(13(17)18)8-12(11)16(9)15-4-6-19-7-5-15/h2-3,8H,4-7H2,1H3,(H,17,18). The summed E-state index contributed by atoms with van der Waals surface area (Å²) in [5.41, 5.74) is 1.93. The maximum atomic E-state index is 11.1. The third-order valence-electron chi connectivity index (χ3n) is 3.31. The van der Waals surface area contributed by atoms with Crippen LogP contribution in [0.1, 0.15) is 16.2 Å². The topological polar surface area (TPSA) is 67.6 Å². The first-order valence-corrected chi connectivity index (χ1v) is 6.22. The predicted octanol–water partition coefficient (Wildman–Crippen LogP) is 1.01. The summed E-state index contributed by atoms with van der Waals surface area (Å²) in [6.45, 7) is 4.85. The van der Waals surface area contributed by atoms with Gasteiger partial charge >= 0.3 is 5.97 Å². The van der Waals surface area contributed by atoms with E-state index < -0.39 is 5.97 Å². The molecular weight excluding hydrogens is 246 g/mol. The van der Waals surface area contributed by atoms with Crippen molar-refractivity contribution in [2.24, 2.45) is 0 Å². The van der Waals surface area contributed by atoms with Gasteiger partial charge in [0, 0.05) is 0 Å². The summed E-state index contributed by atoms with van der Waals surface area (Å²) in [6.07, 6.45) is 0. The number of morpholine rings is 1. The number of hydrogen-bond donors (Lipinski definition) is 1. The third-order valence-corrected chi connectivity index (χ3v) is 3.31. The van der Waals surface area contributed by atoms with Gasteiger partial charge < -0.3 is 14.9 Å². The molecule has 0 amide bonds. The molecule has 0 saturated carbocycles. The van der Waals surface area contributed by atoms with E-state index in [1.54, 1.807) is 18.2 Å². The van der Waals surface area contributed by atoms with Gasteiger partial charge in [-0.1, -0.05) is 0 Å². The lowest BCUT2D eigenvalue weighted by molar-refractivity contribution is 0.0697. The van der Waals surface area contributed by atoms with Crippen molar-refractivity contribution in [3.05, 3.63) is 29.6 Å². The number of aromatic carboxylic acids is 1. The molecule has 6 heteroatoms. The Morgan fingerprint density at radius 3 is 2.79 bits per heavy atom. The number of aryl methyl sites for hydroxylation is 1. The molecule has 1 aliphatic heterocycles. The average molecular weight is 261 g/mol. The highest BCUT2D eigenvalue weighted by atomic mass is 16.5. The van der Waals surface area contributed by atoms with E-state index in [2.05, 4.69) is 9.99 Å². The number of aromatic nitrogens is 2. The zero-order valence-corrected chi connectivity index (χ0v) is 10.7. The van der Waals surface area contributed by atoms with Crippen molar-refractivity contribution in [2.45, 2.75) is 6.92 Å². The van der Waals surface area contributed by atoms with E-state index in [4.69, 9.17) is 9.84 Å². The molecule has 2 aromatic rings. The number of imidazole rings is 1. The van der Waals surface area contributed by atoms with Crippen LogP contribution in [0.15, 0.2) is 18.2 Å². The number of carboxylic acid groups (broad SMARTS) is 1. The number of rotatable bonds is 2. The third kappa shape index (κ3) is 2.04. The van der Waals surface area contributed by atoms with Gasteiger partial charge in [-0.2, -0.15) is 0 Å². The molecule has 0 atom stereocenters. The molecule has 0 aliphatic carbocycles.